The summed E-state index contributed by atoms with van der Waals surface area (Å²) >= 11 is 0. The molecule has 1 aliphatic carbocycles. The maximum atomic E-state index is 10.2. The fourth-order valence-corrected chi connectivity index (χ4v) is 4.02. The summed E-state index contributed by atoms with van der Waals surface area (Å²) < 4.78 is 5.56. The molecular weight excluding hydrogens is 278 g/mol. The second kappa shape index (κ2) is 6.13. The van der Waals surface area contributed by atoms with Crippen LogP contribution in [0, 0.1) is 12.3 Å². The quantitative estimate of drug-likeness (QED) is 0.923. The van der Waals surface area contributed by atoms with Crippen molar-refractivity contribution in [2.75, 3.05) is 25.1 Å². The van der Waals surface area contributed by atoms with Crippen molar-refractivity contribution < 1.29 is 9.84 Å². The van der Waals surface area contributed by atoms with E-state index in [2.05, 4.69) is 27.9 Å². The van der Waals surface area contributed by atoms with Gasteiger partial charge in [0, 0.05) is 43.8 Å². The fourth-order valence-electron chi connectivity index (χ4n) is 4.02. The van der Waals surface area contributed by atoms with Crippen LogP contribution in [0.15, 0.2) is 6.07 Å². The van der Waals surface area contributed by atoms with E-state index in [1.54, 1.807) is 7.11 Å². The van der Waals surface area contributed by atoms with Crippen LogP contribution in [0.3, 0.4) is 0 Å². The molecule has 5 heteroatoms. The highest BCUT2D eigenvalue weighted by molar-refractivity contribution is 5.41. The van der Waals surface area contributed by atoms with E-state index in [-0.39, 0.29) is 17.6 Å². The summed E-state index contributed by atoms with van der Waals surface area (Å²) in [4.78, 5) is 11.5. The topological polar surface area (TPSA) is 58.5 Å². The van der Waals surface area contributed by atoms with Crippen LogP contribution >= 0.6 is 0 Å². The van der Waals surface area contributed by atoms with Gasteiger partial charge in [0.25, 0.3) is 0 Å². The number of aromatic nitrogens is 2. The molecule has 0 amide bonds. The highest BCUT2D eigenvalue weighted by Gasteiger charge is 2.55. The van der Waals surface area contributed by atoms with Gasteiger partial charge >= 0.3 is 0 Å². The molecule has 3 rings (SSSR count). The molecule has 22 heavy (non-hydrogen) atoms. The van der Waals surface area contributed by atoms with E-state index in [9.17, 15) is 5.11 Å². The SMILES string of the molecule is CCCc1cc(N2CCC3(CC2)[C@H](O)C[C@@H]3OC)nc(C)n1. The third kappa shape index (κ3) is 2.61. The largest absolute Gasteiger partial charge is 0.392 e. The minimum Gasteiger partial charge on any atom is -0.392 e. The van der Waals surface area contributed by atoms with E-state index in [0.29, 0.717) is 0 Å². The standard InChI is InChI=1S/C17H27N3O2/c1-4-5-13-10-16(19-12(2)18-13)20-8-6-17(7-9-20)14(21)11-15(17)22-3/h10,14-15,21H,4-9,11H2,1-3H3/t14-,15+/m1/s1. The normalized spacial score (nSPS) is 27.0. The maximum Gasteiger partial charge on any atom is 0.132 e. The average molecular weight is 305 g/mol. The Labute approximate surface area is 132 Å². The van der Waals surface area contributed by atoms with Crippen LogP contribution < -0.4 is 4.90 Å². The lowest BCUT2D eigenvalue weighted by Crippen LogP contribution is -2.62. The minimum atomic E-state index is -0.206. The first kappa shape index (κ1) is 15.7. The Morgan fingerprint density at radius 3 is 2.68 bits per heavy atom. The van der Waals surface area contributed by atoms with Crippen LogP contribution in [-0.4, -0.2) is 47.5 Å². The van der Waals surface area contributed by atoms with Crippen LogP contribution in [0.2, 0.25) is 0 Å². The molecule has 1 saturated heterocycles. The van der Waals surface area contributed by atoms with E-state index in [1.807, 2.05) is 6.92 Å². The molecule has 2 fully saturated rings. The van der Waals surface area contributed by atoms with Crippen molar-refractivity contribution >= 4 is 5.82 Å². The summed E-state index contributed by atoms with van der Waals surface area (Å²) in [7, 11) is 1.76. The Morgan fingerprint density at radius 1 is 1.36 bits per heavy atom. The van der Waals surface area contributed by atoms with Crippen molar-refractivity contribution in [3.8, 4) is 0 Å². The Morgan fingerprint density at radius 2 is 2.09 bits per heavy atom. The highest BCUT2D eigenvalue weighted by atomic mass is 16.5. The number of aryl methyl sites for hydroxylation is 2. The van der Waals surface area contributed by atoms with Gasteiger partial charge in [-0.25, -0.2) is 9.97 Å². The molecule has 1 spiro atoms. The van der Waals surface area contributed by atoms with Crippen molar-refractivity contribution in [2.24, 2.45) is 5.41 Å². The van der Waals surface area contributed by atoms with E-state index >= 15 is 0 Å². The van der Waals surface area contributed by atoms with Gasteiger partial charge in [0.1, 0.15) is 11.6 Å². The number of nitrogens with zero attached hydrogens (tertiary/aromatic N) is 3. The molecule has 1 saturated carbocycles. The van der Waals surface area contributed by atoms with Gasteiger partial charge in [-0.2, -0.15) is 0 Å². The van der Waals surface area contributed by atoms with Gasteiger partial charge < -0.3 is 14.7 Å². The van der Waals surface area contributed by atoms with Gasteiger partial charge in [-0.3, -0.25) is 0 Å². The van der Waals surface area contributed by atoms with Gasteiger partial charge in [-0.1, -0.05) is 13.3 Å². The maximum absolute atomic E-state index is 10.2. The van der Waals surface area contributed by atoms with Crippen LogP contribution in [0.5, 0.6) is 0 Å². The Hall–Kier alpha value is -1.20. The van der Waals surface area contributed by atoms with E-state index in [4.69, 9.17) is 4.74 Å². The van der Waals surface area contributed by atoms with Gasteiger partial charge in [-0.15, -0.1) is 0 Å². The Kier molecular flexibility index (Phi) is 4.37. The summed E-state index contributed by atoms with van der Waals surface area (Å²) in [6.07, 6.45) is 4.83. The minimum absolute atomic E-state index is 0.0282. The highest BCUT2D eigenvalue weighted by Crippen LogP contribution is 2.51. The lowest BCUT2D eigenvalue weighted by Gasteiger charge is -2.56. The molecule has 2 aliphatic rings. The smallest absolute Gasteiger partial charge is 0.132 e. The van der Waals surface area contributed by atoms with E-state index < -0.39 is 0 Å². The number of aliphatic hydroxyl groups excluding tert-OH is 1. The van der Waals surface area contributed by atoms with E-state index in [0.717, 1.165) is 62.5 Å². The van der Waals surface area contributed by atoms with Crippen molar-refractivity contribution in [3.05, 3.63) is 17.6 Å². The predicted molar refractivity (Wildman–Crippen MR) is 86.1 cm³/mol. The average Bonchev–Trinajstić information content (AvgIpc) is 2.52. The van der Waals surface area contributed by atoms with Crippen LogP contribution in [0.25, 0.3) is 0 Å². The molecule has 0 aromatic carbocycles. The second-order valence-corrected chi connectivity index (χ2v) is 6.71. The molecule has 1 aromatic heterocycles. The number of hydrogen-bond donors (Lipinski definition) is 1. The third-order valence-corrected chi connectivity index (χ3v) is 5.43. The molecule has 1 N–H and O–H groups in total. The van der Waals surface area contributed by atoms with Gasteiger partial charge in [0.15, 0.2) is 0 Å². The number of rotatable bonds is 4. The molecule has 0 unspecified atom stereocenters. The van der Waals surface area contributed by atoms with Crippen LogP contribution in [0.4, 0.5) is 5.82 Å². The zero-order valence-electron chi connectivity index (χ0n) is 13.9. The van der Waals surface area contributed by atoms with Gasteiger partial charge in [0.2, 0.25) is 0 Å². The lowest BCUT2D eigenvalue weighted by molar-refractivity contribution is -0.190. The van der Waals surface area contributed by atoms with Crippen molar-refractivity contribution in [3.63, 3.8) is 0 Å². The molecule has 2 heterocycles. The second-order valence-electron chi connectivity index (χ2n) is 6.71. The summed E-state index contributed by atoms with van der Waals surface area (Å²) in [6.45, 7) is 5.99. The lowest BCUT2D eigenvalue weighted by atomic mass is 9.58. The molecule has 1 aliphatic heterocycles. The fraction of sp³-hybridized carbons (Fsp3) is 0.765. The number of aliphatic hydroxyl groups is 1. The molecule has 0 radical (unpaired) electrons. The number of hydrogen-bond acceptors (Lipinski definition) is 5. The Bertz CT molecular complexity index is 527. The Balaban J connectivity index is 1.71. The first-order valence-corrected chi connectivity index (χ1v) is 8.39. The summed E-state index contributed by atoms with van der Waals surface area (Å²) in [6, 6.07) is 2.12. The first-order chi connectivity index (χ1) is 10.6. The van der Waals surface area contributed by atoms with Gasteiger partial charge in [-0.05, 0) is 26.2 Å². The molecule has 122 valence electrons. The predicted octanol–water partition coefficient (Wildman–Crippen LogP) is 2.10. The summed E-state index contributed by atoms with van der Waals surface area (Å²) in [5.74, 6) is 1.88. The number of anilines is 1. The number of ether oxygens (including phenoxy) is 1. The van der Waals surface area contributed by atoms with Gasteiger partial charge in [0.05, 0.1) is 12.2 Å². The first-order valence-electron chi connectivity index (χ1n) is 8.39. The third-order valence-electron chi connectivity index (χ3n) is 5.43. The molecule has 5 nitrogen and oxygen atoms in total. The van der Waals surface area contributed by atoms with Crippen LogP contribution in [-0.2, 0) is 11.2 Å². The number of piperidine rings is 1. The van der Waals surface area contributed by atoms with E-state index in [1.165, 1.54) is 0 Å². The molecular formula is C17H27N3O2. The zero-order valence-corrected chi connectivity index (χ0v) is 13.9. The molecule has 2 atom stereocenters. The molecule has 1 aromatic rings. The molecule has 0 bridgehead atoms. The summed E-state index contributed by atoms with van der Waals surface area (Å²) in [5, 5.41) is 10.2. The van der Waals surface area contributed by atoms with Crippen molar-refractivity contribution in [1.82, 2.24) is 9.97 Å². The monoisotopic (exact) mass is 305 g/mol. The number of methoxy groups -OCH3 is 1. The zero-order chi connectivity index (χ0) is 15.7. The summed E-state index contributed by atoms with van der Waals surface area (Å²) in [5.41, 5.74) is 1.10. The van der Waals surface area contributed by atoms with Crippen molar-refractivity contribution in [1.29, 1.82) is 0 Å². The van der Waals surface area contributed by atoms with Crippen molar-refractivity contribution in [2.45, 2.75) is 58.2 Å². The van der Waals surface area contributed by atoms with Crippen LogP contribution in [0.1, 0.15) is 44.1 Å².